The smallest absolute Gasteiger partial charge is 0.122 e. The van der Waals surface area contributed by atoms with E-state index >= 15 is 0 Å². The summed E-state index contributed by atoms with van der Waals surface area (Å²) in [5.41, 5.74) is 1.30. The highest BCUT2D eigenvalue weighted by atomic mass is 16.3. The van der Waals surface area contributed by atoms with Crippen LogP contribution in [0.5, 0.6) is 0 Å². The maximum Gasteiger partial charge on any atom is 0.122 e. The minimum absolute atomic E-state index is 0.683. The van der Waals surface area contributed by atoms with E-state index in [1.54, 1.807) is 0 Å². The van der Waals surface area contributed by atoms with Crippen molar-refractivity contribution >= 4 is 0 Å². The van der Waals surface area contributed by atoms with Gasteiger partial charge in [0.2, 0.25) is 0 Å². The zero-order chi connectivity index (χ0) is 15.2. The fraction of sp³-hybridized carbons (Fsp3) is 0.765. The average Bonchev–Trinajstić information content (AvgIpc) is 2.86. The van der Waals surface area contributed by atoms with Gasteiger partial charge in [0.1, 0.15) is 5.76 Å². The number of nitrogens with one attached hydrogen (secondary N) is 1. The van der Waals surface area contributed by atoms with Gasteiger partial charge < -0.3 is 14.6 Å². The summed E-state index contributed by atoms with van der Waals surface area (Å²) in [6.07, 6.45) is 4.34. The Morgan fingerprint density at radius 1 is 1.38 bits per heavy atom. The van der Waals surface area contributed by atoms with E-state index in [4.69, 9.17) is 4.42 Å². The first-order valence-electron chi connectivity index (χ1n) is 8.21. The van der Waals surface area contributed by atoms with E-state index in [0.29, 0.717) is 12.0 Å². The van der Waals surface area contributed by atoms with Crippen LogP contribution in [0.25, 0.3) is 0 Å². The van der Waals surface area contributed by atoms with Gasteiger partial charge in [0, 0.05) is 18.2 Å². The molecule has 0 saturated carbocycles. The number of piperidine rings is 1. The van der Waals surface area contributed by atoms with Crippen LogP contribution in [-0.4, -0.2) is 49.6 Å². The molecule has 0 aromatic carbocycles. The number of hydrogen-bond acceptors (Lipinski definition) is 4. The number of furan rings is 1. The first-order chi connectivity index (χ1) is 10.1. The first kappa shape index (κ1) is 16.5. The van der Waals surface area contributed by atoms with Crippen molar-refractivity contribution in [3.05, 3.63) is 23.7 Å². The van der Waals surface area contributed by atoms with Gasteiger partial charge in [0.05, 0.1) is 12.8 Å². The molecule has 0 bridgehead atoms. The molecule has 0 spiro atoms. The minimum Gasteiger partial charge on any atom is -0.468 e. The highest BCUT2D eigenvalue weighted by Gasteiger charge is 2.21. The Bertz CT molecular complexity index is 408. The van der Waals surface area contributed by atoms with Crippen LogP contribution in [-0.2, 0) is 13.1 Å². The number of likely N-dealkylation sites (tertiary alicyclic amines) is 1. The van der Waals surface area contributed by atoms with Crippen LogP contribution in [0.15, 0.2) is 16.7 Å². The van der Waals surface area contributed by atoms with Crippen LogP contribution < -0.4 is 5.32 Å². The molecular formula is C17H31N3O. The van der Waals surface area contributed by atoms with Crippen LogP contribution in [0.1, 0.15) is 38.0 Å². The fourth-order valence-electron chi connectivity index (χ4n) is 2.95. The van der Waals surface area contributed by atoms with E-state index < -0.39 is 0 Å². The molecule has 0 aliphatic carbocycles. The number of nitrogens with zero attached hydrogens (tertiary/aromatic N) is 2. The minimum atomic E-state index is 0.683. The molecule has 120 valence electrons. The first-order valence-corrected chi connectivity index (χ1v) is 8.21. The van der Waals surface area contributed by atoms with Gasteiger partial charge in [-0.05, 0) is 58.6 Å². The Balaban J connectivity index is 1.83. The zero-order valence-electron chi connectivity index (χ0n) is 14.1. The lowest BCUT2D eigenvalue weighted by molar-refractivity contribution is 0.132. The summed E-state index contributed by atoms with van der Waals surface area (Å²) in [4.78, 5) is 4.87. The summed E-state index contributed by atoms with van der Waals surface area (Å²) in [5.74, 6) is 1.80. The third-order valence-electron chi connectivity index (χ3n) is 4.41. The van der Waals surface area contributed by atoms with Gasteiger partial charge in [0.15, 0.2) is 0 Å². The second kappa shape index (κ2) is 7.97. The molecule has 1 saturated heterocycles. The molecule has 1 aliphatic heterocycles. The standard InChI is InChI=1S/C17H31N3O/c1-14(2)11-18-12-15-7-10-21-17(15)13-20(4)16-5-8-19(3)9-6-16/h7,10,14,16,18H,5-6,8-9,11-13H2,1-4H3. The van der Waals surface area contributed by atoms with Crippen molar-refractivity contribution in [2.45, 2.75) is 45.8 Å². The van der Waals surface area contributed by atoms with E-state index in [2.05, 4.69) is 49.1 Å². The molecule has 1 aromatic rings. The number of rotatable bonds is 7. The second-order valence-corrected chi connectivity index (χ2v) is 6.84. The van der Waals surface area contributed by atoms with Gasteiger partial charge in [-0.1, -0.05) is 13.8 Å². The molecular weight excluding hydrogens is 262 g/mol. The molecule has 2 heterocycles. The Kier molecular flexibility index (Phi) is 6.27. The SMILES string of the molecule is CC(C)CNCc1ccoc1CN(C)C1CCN(C)CC1. The normalized spacial score (nSPS) is 18.0. The summed E-state index contributed by atoms with van der Waals surface area (Å²) in [5, 5.41) is 3.50. The van der Waals surface area contributed by atoms with Crippen LogP contribution >= 0.6 is 0 Å². The van der Waals surface area contributed by atoms with E-state index in [1.165, 1.54) is 31.5 Å². The van der Waals surface area contributed by atoms with E-state index in [9.17, 15) is 0 Å². The molecule has 1 fully saturated rings. The highest BCUT2D eigenvalue weighted by molar-refractivity contribution is 5.16. The molecule has 2 rings (SSSR count). The van der Waals surface area contributed by atoms with Crippen molar-refractivity contribution < 1.29 is 4.42 Å². The Hall–Kier alpha value is -0.840. The lowest BCUT2D eigenvalue weighted by atomic mass is 10.0. The second-order valence-electron chi connectivity index (χ2n) is 6.84. The maximum atomic E-state index is 5.71. The zero-order valence-corrected chi connectivity index (χ0v) is 14.1. The van der Waals surface area contributed by atoms with Crippen LogP contribution in [0, 0.1) is 5.92 Å². The van der Waals surface area contributed by atoms with Crippen molar-refractivity contribution in [1.29, 1.82) is 0 Å². The predicted octanol–water partition coefficient (Wildman–Crippen LogP) is 2.55. The monoisotopic (exact) mass is 293 g/mol. The van der Waals surface area contributed by atoms with Crippen molar-refractivity contribution in [1.82, 2.24) is 15.1 Å². The quantitative estimate of drug-likeness (QED) is 0.837. The largest absolute Gasteiger partial charge is 0.468 e. The molecule has 1 aliphatic rings. The average molecular weight is 293 g/mol. The molecule has 4 heteroatoms. The van der Waals surface area contributed by atoms with Gasteiger partial charge >= 0.3 is 0 Å². The molecule has 0 radical (unpaired) electrons. The molecule has 21 heavy (non-hydrogen) atoms. The fourth-order valence-corrected chi connectivity index (χ4v) is 2.95. The van der Waals surface area contributed by atoms with E-state index in [1.807, 2.05) is 6.26 Å². The topological polar surface area (TPSA) is 31.7 Å². The highest BCUT2D eigenvalue weighted by Crippen LogP contribution is 2.19. The Morgan fingerprint density at radius 3 is 2.76 bits per heavy atom. The van der Waals surface area contributed by atoms with Crippen molar-refractivity contribution in [3.63, 3.8) is 0 Å². The Labute approximate surface area is 129 Å². The van der Waals surface area contributed by atoms with Crippen LogP contribution in [0.2, 0.25) is 0 Å². The summed E-state index contributed by atoms with van der Waals surface area (Å²) < 4.78 is 5.71. The van der Waals surface area contributed by atoms with Crippen molar-refractivity contribution in [2.24, 2.45) is 5.92 Å². The molecule has 0 amide bonds. The van der Waals surface area contributed by atoms with E-state index in [0.717, 1.165) is 25.4 Å². The van der Waals surface area contributed by atoms with Gasteiger partial charge in [0.25, 0.3) is 0 Å². The van der Waals surface area contributed by atoms with Crippen LogP contribution in [0.4, 0.5) is 0 Å². The number of hydrogen-bond donors (Lipinski definition) is 1. The van der Waals surface area contributed by atoms with Gasteiger partial charge in [-0.25, -0.2) is 0 Å². The van der Waals surface area contributed by atoms with Gasteiger partial charge in [-0.3, -0.25) is 4.90 Å². The lowest BCUT2D eigenvalue weighted by Gasteiger charge is -2.34. The summed E-state index contributed by atoms with van der Waals surface area (Å²) in [6.45, 7) is 9.75. The van der Waals surface area contributed by atoms with Crippen molar-refractivity contribution in [3.8, 4) is 0 Å². The van der Waals surface area contributed by atoms with Gasteiger partial charge in [-0.15, -0.1) is 0 Å². The lowest BCUT2D eigenvalue weighted by Crippen LogP contribution is -2.41. The molecule has 4 nitrogen and oxygen atoms in total. The molecule has 0 atom stereocenters. The summed E-state index contributed by atoms with van der Waals surface area (Å²) in [7, 11) is 4.44. The summed E-state index contributed by atoms with van der Waals surface area (Å²) in [6, 6.07) is 2.79. The van der Waals surface area contributed by atoms with Crippen LogP contribution in [0.3, 0.4) is 0 Å². The van der Waals surface area contributed by atoms with Crippen molar-refractivity contribution in [2.75, 3.05) is 33.7 Å². The third kappa shape index (κ3) is 5.13. The third-order valence-corrected chi connectivity index (χ3v) is 4.41. The summed E-state index contributed by atoms with van der Waals surface area (Å²) >= 11 is 0. The molecule has 1 aromatic heterocycles. The molecule has 1 N–H and O–H groups in total. The van der Waals surface area contributed by atoms with Gasteiger partial charge in [-0.2, -0.15) is 0 Å². The van der Waals surface area contributed by atoms with E-state index in [-0.39, 0.29) is 0 Å². The Morgan fingerprint density at radius 2 is 2.10 bits per heavy atom. The molecule has 0 unspecified atom stereocenters. The maximum absolute atomic E-state index is 5.71. The predicted molar refractivity (Wildman–Crippen MR) is 87.2 cm³/mol.